The van der Waals surface area contributed by atoms with Crippen molar-refractivity contribution in [1.29, 1.82) is 0 Å². The van der Waals surface area contributed by atoms with Crippen LogP contribution in [0.4, 0.5) is 0 Å². The number of fused-ring (bicyclic) bond motifs is 1. The molecule has 2 rings (SSSR count). The van der Waals surface area contributed by atoms with Crippen LogP contribution in [0.2, 0.25) is 0 Å². The molecule has 1 aliphatic heterocycles. The van der Waals surface area contributed by atoms with Gasteiger partial charge in [-0.2, -0.15) is 0 Å². The van der Waals surface area contributed by atoms with Gasteiger partial charge in [-0.05, 0) is 25.3 Å². The quantitative estimate of drug-likeness (QED) is 0.644. The van der Waals surface area contributed by atoms with E-state index in [1.165, 1.54) is 12.0 Å². The molecule has 0 unspecified atom stereocenters. The van der Waals surface area contributed by atoms with Crippen molar-refractivity contribution in [1.82, 2.24) is 0 Å². The summed E-state index contributed by atoms with van der Waals surface area (Å²) in [5.74, 6) is 0.694. The molecule has 76 valence electrons. The topological polar surface area (TPSA) is 16.6 Å². The molecule has 1 heterocycles. The van der Waals surface area contributed by atoms with Gasteiger partial charge in [0.25, 0.3) is 0 Å². The summed E-state index contributed by atoms with van der Waals surface area (Å²) in [4.78, 5) is 0. The largest absolute Gasteiger partial charge is 0.338 e. The summed E-state index contributed by atoms with van der Waals surface area (Å²) in [5.41, 5.74) is 3.46. The fourth-order valence-electron chi connectivity index (χ4n) is 2.57. The van der Waals surface area contributed by atoms with Crippen LogP contribution in [0.1, 0.15) is 44.2 Å². The number of rotatable bonds is 0. The molecule has 1 heteroatoms. The van der Waals surface area contributed by atoms with E-state index < -0.39 is 0 Å². The number of hydrogen-bond donors (Lipinski definition) is 1. The van der Waals surface area contributed by atoms with Crippen molar-refractivity contribution >= 4 is 0 Å². The molecule has 1 atom stereocenters. The summed E-state index contributed by atoms with van der Waals surface area (Å²) >= 11 is 0. The van der Waals surface area contributed by atoms with E-state index in [9.17, 15) is 0 Å². The first-order chi connectivity index (χ1) is 6.58. The van der Waals surface area contributed by atoms with Gasteiger partial charge in [0.1, 0.15) is 6.54 Å². The first kappa shape index (κ1) is 9.72. The Labute approximate surface area is 86.5 Å². The maximum atomic E-state index is 2.47. The molecule has 1 nitrogen and oxygen atoms in total. The van der Waals surface area contributed by atoms with Gasteiger partial charge in [-0.15, -0.1) is 0 Å². The summed E-state index contributed by atoms with van der Waals surface area (Å²) in [5, 5.41) is 2.47. The second kappa shape index (κ2) is 3.39. The van der Waals surface area contributed by atoms with Crippen LogP contribution in [0.3, 0.4) is 0 Å². The van der Waals surface area contributed by atoms with Crippen LogP contribution >= 0.6 is 0 Å². The first-order valence-corrected chi connectivity index (χ1v) is 5.51. The average Bonchev–Trinajstić information content (AvgIpc) is 2.24. The second-order valence-electron chi connectivity index (χ2n) is 5.20. The Balaban J connectivity index is 2.36. The minimum absolute atomic E-state index is 0.387. The van der Waals surface area contributed by atoms with E-state index in [4.69, 9.17) is 0 Å². The van der Waals surface area contributed by atoms with Crippen molar-refractivity contribution in [2.75, 3.05) is 0 Å². The summed E-state index contributed by atoms with van der Waals surface area (Å²) in [6.07, 6.45) is 1.27. The lowest BCUT2D eigenvalue weighted by molar-refractivity contribution is -0.735. The molecule has 2 N–H and O–H groups in total. The SMILES string of the molecule is C[C@H]1CC(C)(C)[NH2+]Cc2ccccc21. The highest BCUT2D eigenvalue weighted by Gasteiger charge is 2.29. The van der Waals surface area contributed by atoms with E-state index in [0.29, 0.717) is 11.5 Å². The fourth-order valence-corrected chi connectivity index (χ4v) is 2.57. The highest BCUT2D eigenvalue weighted by molar-refractivity contribution is 5.30. The zero-order valence-electron chi connectivity index (χ0n) is 9.38. The van der Waals surface area contributed by atoms with Crippen LogP contribution in [0.15, 0.2) is 24.3 Å². The Morgan fingerprint density at radius 1 is 1.29 bits per heavy atom. The second-order valence-corrected chi connectivity index (χ2v) is 5.20. The molecule has 0 saturated heterocycles. The third-order valence-electron chi connectivity index (χ3n) is 3.29. The molecule has 0 spiro atoms. The predicted molar refractivity (Wildman–Crippen MR) is 59.2 cm³/mol. The van der Waals surface area contributed by atoms with E-state index in [1.807, 2.05) is 0 Å². The highest BCUT2D eigenvalue weighted by atomic mass is 15.0. The molecular formula is C13H20N+. The van der Waals surface area contributed by atoms with Crippen molar-refractivity contribution in [3.8, 4) is 0 Å². The van der Waals surface area contributed by atoms with Crippen LogP contribution in [0, 0.1) is 0 Å². The molecule has 0 saturated carbocycles. The van der Waals surface area contributed by atoms with Crippen molar-refractivity contribution < 1.29 is 5.32 Å². The minimum atomic E-state index is 0.387. The summed E-state index contributed by atoms with van der Waals surface area (Å²) in [6, 6.07) is 8.87. The minimum Gasteiger partial charge on any atom is -0.338 e. The molecule has 0 fully saturated rings. The van der Waals surface area contributed by atoms with Crippen LogP contribution < -0.4 is 5.32 Å². The molecular weight excluding hydrogens is 170 g/mol. The summed E-state index contributed by atoms with van der Waals surface area (Å²) in [7, 11) is 0. The van der Waals surface area contributed by atoms with Gasteiger partial charge in [0.2, 0.25) is 0 Å². The van der Waals surface area contributed by atoms with Gasteiger partial charge < -0.3 is 5.32 Å². The zero-order valence-corrected chi connectivity index (χ0v) is 9.38. The lowest BCUT2D eigenvalue weighted by atomic mass is 9.88. The Morgan fingerprint density at radius 2 is 2.00 bits per heavy atom. The Bertz CT molecular complexity index is 328. The zero-order chi connectivity index (χ0) is 10.2. The lowest BCUT2D eigenvalue weighted by Gasteiger charge is -2.22. The van der Waals surface area contributed by atoms with Gasteiger partial charge in [0.15, 0.2) is 0 Å². The van der Waals surface area contributed by atoms with Crippen molar-refractivity contribution in [2.24, 2.45) is 0 Å². The monoisotopic (exact) mass is 190 g/mol. The molecule has 1 aliphatic rings. The average molecular weight is 190 g/mol. The maximum absolute atomic E-state index is 2.47. The number of hydrogen-bond acceptors (Lipinski definition) is 0. The number of benzene rings is 1. The molecule has 0 amide bonds. The fraction of sp³-hybridized carbons (Fsp3) is 0.538. The van der Waals surface area contributed by atoms with E-state index in [0.717, 1.165) is 6.54 Å². The standard InChI is InChI=1S/C13H19N/c1-10-8-13(2,3)14-9-11-6-4-5-7-12(10)11/h4-7,10,14H,8-9H2,1-3H3/p+1/t10-/m0/s1. The lowest BCUT2D eigenvalue weighted by Crippen LogP contribution is -2.93. The molecule has 1 aromatic rings. The normalized spacial score (nSPS) is 25.2. The van der Waals surface area contributed by atoms with Gasteiger partial charge in [-0.1, -0.05) is 31.2 Å². The number of quaternary nitrogens is 1. The molecule has 0 radical (unpaired) electrons. The first-order valence-electron chi connectivity index (χ1n) is 5.51. The maximum Gasteiger partial charge on any atom is 0.102 e. The van der Waals surface area contributed by atoms with E-state index in [1.54, 1.807) is 5.56 Å². The third kappa shape index (κ3) is 1.83. The summed E-state index contributed by atoms with van der Waals surface area (Å²) < 4.78 is 0. The number of nitrogens with two attached hydrogens (primary N) is 1. The summed E-state index contributed by atoms with van der Waals surface area (Å²) in [6.45, 7) is 8.16. The van der Waals surface area contributed by atoms with Crippen molar-refractivity contribution in [2.45, 2.75) is 45.2 Å². The molecule has 0 aromatic heterocycles. The van der Waals surface area contributed by atoms with Crippen LogP contribution in [-0.2, 0) is 6.54 Å². The van der Waals surface area contributed by atoms with Gasteiger partial charge in [-0.3, -0.25) is 0 Å². The third-order valence-corrected chi connectivity index (χ3v) is 3.29. The van der Waals surface area contributed by atoms with Crippen LogP contribution in [0.25, 0.3) is 0 Å². The molecule has 14 heavy (non-hydrogen) atoms. The highest BCUT2D eigenvalue weighted by Crippen LogP contribution is 2.28. The van der Waals surface area contributed by atoms with E-state index in [2.05, 4.69) is 50.4 Å². The molecule has 1 aromatic carbocycles. The van der Waals surface area contributed by atoms with Gasteiger partial charge >= 0.3 is 0 Å². The van der Waals surface area contributed by atoms with Crippen LogP contribution in [-0.4, -0.2) is 5.54 Å². The van der Waals surface area contributed by atoms with Gasteiger partial charge in [-0.25, -0.2) is 0 Å². The Kier molecular flexibility index (Phi) is 2.36. The predicted octanol–water partition coefficient (Wildman–Crippen LogP) is 2.04. The Hall–Kier alpha value is -0.820. The Morgan fingerprint density at radius 3 is 2.79 bits per heavy atom. The van der Waals surface area contributed by atoms with Gasteiger partial charge in [0.05, 0.1) is 5.54 Å². The van der Waals surface area contributed by atoms with E-state index in [-0.39, 0.29) is 0 Å². The van der Waals surface area contributed by atoms with Crippen molar-refractivity contribution in [3.05, 3.63) is 35.4 Å². The molecule has 0 aliphatic carbocycles. The van der Waals surface area contributed by atoms with Crippen LogP contribution in [0.5, 0.6) is 0 Å². The van der Waals surface area contributed by atoms with Gasteiger partial charge in [0, 0.05) is 12.0 Å². The van der Waals surface area contributed by atoms with E-state index >= 15 is 0 Å². The van der Waals surface area contributed by atoms with Crippen molar-refractivity contribution in [3.63, 3.8) is 0 Å². The molecule has 0 bridgehead atoms. The smallest absolute Gasteiger partial charge is 0.102 e.